The molecule has 2 aromatic rings. The van der Waals surface area contributed by atoms with E-state index in [2.05, 4.69) is 11.2 Å². The molecule has 1 aliphatic rings. The van der Waals surface area contributed by atoms with Gasteiger partial charge in [-0.05, 0) is 30.2 Å². The molecule has 2 aromatic carbocycles. The molecule has 0 saturated heterocycles. The summed E-state index contributed by atoms with van der Waals surface area (Å²) in [6, 6.07) is 14.1. The second kappa shape index (κ2) is 7.02. The van der Waals surface area contributed by atoms with Gasteiger partial charge in [-0.25, -0.2) is 0 Å². The van der Waals surface area contributed by atoms with E-state index in [0.717, 1.165) is 5.56 Å². The van der Waals surface area contributed by atoms with Crippen LogP contribution in [0, 0.1) is 12.3 Å². The van der Waals surface area contributed by atoms with E-state index < -0.39 is 0 Å². The predicted octanol–water partition coefficient (Wildman–Crippen LogP) is 1.89. The third-order valence-electron chi connectivity index (χ3n) is 4.05. The van der Waals surface area contributed by atoms with Gasteiger partial charge in [0, 0.05) is 12.1 Å². The zero-order valence-corrected chi connectivity index (χ0v) is 13.5. The lowest BCUT2D eigenvalue weighted by molar-refractivity contribution is 0.0656. The number of amides is 3. The van der Waals surface area contributed by atoms with E-state index in [-0.39, 0.29) is 29.8 Å². The van der Waals surface area contributed by atoms with Crippen molar-refractivity contribution in [3.05, 3.63) is 70.8 Å². The van der Waals surface area contributed by atoms with Crippen LogP contribution >= 0.6 is 0 Å². The summed E-state index contributed by atoms with van der Waals surface area (Å²) in [5.74, 6) is 1.24. The van der Waals surface area contributed by atoms with Gasteiger partial charge >= 0.3 is 0 Å². The molecule has 5 heteroatoms. The fraction of sp³-hybridized carbons (Fsp3) is 0.150. The van der Waals surface area contributed by atoms with Crippen molar-refractivity contribution in [1.29, 1.82) is 0 Å². The molecule has 5 nitrogen and oxygen atoms in total. The van der Waals surface area contributed by atoms with Gasteiger partial charge in [-0.1, -0.05) is 36.3 Å². The average Bonchev–Trinajstić information content (AvgIpc) is 2.89. The highest BCUT2D eigenvalue weighted by Gasteiger charge is 2.35. The maximum atomic E-state index is 12.6. The number of nitrogens with one attached hydrogen (secondary N) is 1. The highest BCUT2D eigenvalue weighted by molar-refractivity contribution is 6.22. The zero-order valence-electron chi connectivity index (χ0n) is 13.5. The molecule has 124 valence electrons. The van der Waals surface area contributed by atoms with Crippen LogP contribution in [0.2, 0.25) is 0 Å². The SMILES string of the molecule is C#CCNC(=O)c1ccc2c(c1)C(=O)N(CCc1ccccc1)C2=O. The van der Waals surface area contributed by atoms with Crippen LogP contribution in [0.4, 0.5) is 0 Å². The minimum Gasteiger partial charge on any atom is -0.341 e. The Morgan fingerprint density at radius 1 is 1.04 bits per heavy atom. The smallest absolute Gasteiger partial charge is 0.261 e. The van der Waals surface area contributed by atoms with Crippen LogP contribution in [0.1, 0.15) is 36.6 Å². The summed E-state index contributed by atoms with van der Waals surface area (Å²) in [4.78, 5) is 38.2. The third kappa shape index (κ3) is 3.29. The van der Waals surface area contributed by atoms with Gasteiger partial charge in [-0.15, -0.1) is 6.42 Å². The van der Waals surface area contributed by atoms with Gasteiger partial charge in [-0.3, -0.25) is 19.3 Å². The van der Waals surface area contributed by atoms with Crippen molar-refractivity contribution in [2.75, 3.05) is 13.1 Å². The maximum Gasteiger partial charge on any atom is 0.261 e. The maximum absolute atomic E-state index is 12.6. The topological polar surface area (TPSA) is 66.5 Å². The Hall–Kier alpha value is -3.39. The number of carbonyl (C=O) groups excluding carboxylic acids is 3. The molecule has 3 amide bonds. The number of hydrogen-bond donors (Lipinski definition) is 1. The quantitative estimate of drug-likeness (QED) is 0.672. The third-order valence-corrected chi connectivity index (χ3v) is 4.05. The molecule has 1 aliphatic heterocycles. The van der Waals surface area contributed by atoms with Gasteiger partial charge in [0.2, 0.25) is 0 Å². The fourth-order valence-corrected chi connectivity index (χ4v) is 2.75. The second-order valence-electron chi connectivity index (χ2n) is 5.64. The highest BCUT2D eigenvalue weighted by atomic mass is 16.2. The van der Waals surface area contributed by atoms with Crippen molar-refractivity contribution < 1.29 is 14.4 Å². The molecule has 1 heterocycles. The van der Waals surface area contributed by atoms with Gasteiger partial charge in [-0.2, -0.15) is 0 Å². The van der Waals surface area contributed by atoms with Crippen LogP contribution in [0.25, 0.3) is 0 Å². The van der Waals surface area contributed by atoms with E-state index in [1.54, 1.807) is 0 Å². The van der Waals surface area contributed by atoms with Crippen molar-refractivity contribution in [2.24, 2.45) is 0 Å². The lowest BCUT2D eigenvalue weighted by Crippen LogP contribution is -2.31. The number of terminal acetylenes is 1. The van der Waals surface area contributed by atoms with Gasteiger partial charge in [0.1, 0.15) is 0 Å². The van der Waals surface area contributed by atoms with Gasteiger partial charge < -0.3 is 5.32 Å². The standard InChI is InChI=1S/C20H16N2O3/c1-2-11-21-18(23)15-8-9-16-17(13-15)20(25)22(19(16)24)12-10-14-6-4-3-5-7-14/h1,3-9,13H,10-12H2,(H,21,23). The number of carbonyl (C=O) groups is 3. The number of fused-ring (bicyclic) bond motifs is 1. The van der Waals surface area contributed by atoms with Crippen molar-refractivity contribution in [3.8, 4) is 12.3 Å². The van der Waals surface area contributed by atoms with E-state index in [0.29, 0.717) is 24.1 Å². The van der Waals surface area contributed by atoms with Crippen LogP contribution < -0.4 is 5.32 Å². The predicted molar refractivity (Wildman–Crippen MR) is 93.1 cm³/mol. The first-order valence-electron chi connectivity index (χ1n) is 7.87. The van der Waals surface area contributed by atoms with Crippen molar-refractivity contribution in [3.63, 3.8) is 0 Å². The fourth-order valence-electron chi connectivity index (χ4n) is 2.75. The molecule has 1 N–H and O–H groups in total. The molecular weight excluding hydrogens is 316 g/mol. The Kier molecular flexibility index (Phi) is 4.62. The van der Waals surface area contributed by atoms with Crippen molar-refractivity contribution in [2.45, 2.75) is 6.42 Å². The van der Waals surface area contributed by atoms with Crippen molar-refractivity contribution in [1.82, 2.24) is 10.2 Å². The summed E-state index contributed by atoms with van der Waals surface area (Å²) in [6.45, 7) is 0.404. The van der Waals surface area contributed by atoms with E-state index in [4.69, 9.17) is 6.42 Å². The molecule has 0 aromatic heterocycles. The minimum atomic E-state index is -0.373. The normalized spacial score (nSPS) is 12.7. The molecule has 0 unspecified atom stereocenters. The monoisotopic (exact) mass is 332 g/mol. The average molecular weight is 332 g/mol. The Labute approximate surface area is 145 Å². The molecule has 0 saturated carbocycles. The summed E-state index contributed by atoms with van der Waals surface area (Å²) in [5.41, 5.74) is 1.94. The van der Waals surface area contributed by atoms with E-state index in [9.17, 15) is 14.4 Å². The first kappa shape index (κ1) is 16.5. The Morgan fingerprint density at radius 3 is 2.48 bits per heavy atom. The molecule has 0 atom stereocenters. The van der Waals surface area contributed by atoms with Crippen molar-refractivity contribution >= 4 is 17.7 Å². The molecule has 3 rings (SSSR count). The Morgan fingerprint density at radius 2 is 1.76 bits per heavy atom. The van der Waals surface area contributed by atoms with E-state index in [1.807, 2.05) is 30.3 Å². The molecule has 25 heavy (non-hydrogen) atoms. The van der Waals surface area contributed by atoms with Crippen LogP contribution in [-0.2, 0) is 6.42 Å². The summed E-state index contributed by atoms with van der Waals surface area (Å²) < 4.78 is 0. The summed E-state index contributed by atoms with van der Waals surface area (Å²) in [5, 5.41) is 2.54. The molecular formula is C20H16N2O3. The second-order valence-corrected chi connectivity index (χ2v) is 5.64. The van der Waals surface area contributed by atoms with Gasteiger partial charge in [0.05, 0.1) is 17.7 Å². The molecule has 0 aliphatic carbocycles. The van der Waals surface area contributed by atoms with Crippen LogP contribution in [-0.4, -0.2) is 35.7 Å². The van der Waals surface area contributed by atoms with E-state index in [1.165, 1.54) is 23.1 Å². The number of hydrogen-bond acceptors (Lipinski definition) is 3. The lowest BCUT2D eigenvalue weighted by atomic mass is 10.1. The van der Waals surface area contributed by atoms with Crippen LogP contribution in [0.15, 0.2) is 48.5 Å². The Bertz CT molecular complexity index is 882. The van der Waals surface area contributed by atoms with Gasteiger partial charge in [0.15, 0.2) is 0 Å². The number of imide groups is 1. The number of benzene rings is 2. The molecule has 0 radical (unpaired) electrons. The molecule has 0 spiro atoms. The van der Waals surface area contributed by atoms with E-state index >= 15 is 0 Å². The first-order valence-corrected chi connectivity index (χ1v) is 7.87. The van der Waals surface area contributed by atoms with Gasteiger partial charge in [0.25, 0.3) is 17.7 Å². The molecule has 0 bridgehead atoms. The summed E-state index contributed by atoms with van der Waals surface area (Å²) in [7, 11) is 0. The summed E-state index contributed by atoms with van der Waals surface area (Å²) in [6.07, 6.45) is 5.70. The number of nitrogens with zero attached hydrogens (tertiary/aromatic N) is 1. The summed E-state index contributed by atoms with van der Waals surface area (Å²) >= 11 is 0. The van der Waals surface area contributed by atoms with Crippen LogP contribution in [0.3, 0.4) is 0 Å². The number of rotatable bonds is 5. The zero-order chi connectivity index (χ0) is 17.8. The lowest BCUT2D eigenvalue weighted by Gasteiger charge is -2.13. The largest absolute Gasteiger partial charge is 0.341 e. The highest BCUT2D eigenvalue weighted by Crippen LogP contribution is 2.24. The molecule has 0 fully saturated rings. The Balaban J connectivity index is 1.77. The first-order chi connectivity index (χ1) is 12.1. The minimum absolute atomic E-state index is 0.103. The van der Waals surface area contributed by atoms with Crippen LogP contribution in [0.5, 0.6) is 0 Å².